The van der Waals surface area contributed by atoms with Gasteiger partial charge < -0.3 is 10.6 Å². The summed E-state index contributed by atoms with van der Waals surface area (Å²) in [6, 6.07) is 8.38. The van der Waals surface area contributed by atoms with E-state index in [1.165, 1.54) is 5.56 Å². The average Bonchev–Trinajstić information content (AvgIpc) is 2.44. The van der Waals surface area contributed by atoms with Crippen LogP contribution in [0, 0.1) is 5.92 Å². The van der Waals surface area contributed by atoms with Crippen LogP contribution in [0.4, 0.5) is 0 Å². The Labute approximate surface area is 122 Å². The number of nitrogens with zero attached hydrogens (tertiary/aromatic N) is 1. The molecule has 3 nitrogen and oxygen atoms in total. The summed E-state index contributed by atoms with van der Waals surface area (Å²) in [4.78, 5) is 14.0. The SMILES string of the molecule is CC1CCCN(CC(N)c2ccc(C(C)C)cc2)C1=O. The van der Waals surface area contributed by atoms with Crippen molar-refractivity contribution in [1.29, 1.82) is 0 Å². The zero-order valence-electron chi connectivity index (χ0n) is 12.8. The molecule has 110 valence electrons. The van der Waals surface area contributed by atoms with Crippen molar-refractivity contribution in [1.82, 2.24) is 4.90 Å². The summed E-state index contributed by atoms with van der Waals surface area (Å²) in [5.41, 5.74) is 8.70. The summed E-state index contributed by atoms with van der Waals surface area (Å²) in [6.45, 7) is 7.86. The van der Waals surface area contributed by atoms with Gasteiger partial charge in [0.1, 0.15) is 0 Å². The van der Waals surface area contributed by atoms with Crippen LogP contribution in [0.25, 0.3) is 0 Å². The number of likely N-dealkylation sites (tertiary alicyclic amines) is 1. The van der Waals surface area contributed by atoms with Gasteiger partial charge in [-0.2, -0.15) is 0 Å². The van der Waals surface area contributed by atoms with Crippen molar-refractivity contribution in [3.8, 4) is 0 Å². The number of amides is 1. The van der Waals surface area contributed by atoms with E-state index in [9.17, 15) is 4.79 Å². The molecule has 2 atom stereocenters. The number of nitrogens with two attached hydrogens (primary N) is 1. The average molecular weight is 274 g/mol. The highest BCUT2D eigenvalue weighted by molar-refractivity contribution is 5.79. The van der Waals surface area contributed by atoms with Gasteiger partial charge in [0, 0.05) is 25.0 Å². The Balaban J connectivity index is 2.00. The molecule has 1 aliphatic rings. The molecule has 1 amide bonds. The lowest BCUT2D eigenvalue weighted by Gasteiger charge is -2.32. The Hall–Kier alpha value is -1.35. The molecule has 0 spiro atoms. The van der Waals surface area contributed by atoms with Crippen molar-refractivity contribution in [3.05, 3.63) is 35.4 Å². The van der Waals surface area contributed by atoms with Crippen molar-refractivity contribution in [3.63, 3.8) is 0 Å². The van der Waals surface area contributed by atoms with Gasteiger partial charge in [-0.1, -0.05) is 45.0 Å². The van der Waals surface area contributed by atoms with E-state index in [2.05, 4.69) is 38.1 Å². The van der Waals surface area contributed by atoms with Gasteiger partial charge in [0.15, 0.2) is 0 Å². The molecule has 0 saturated carbocycles. The summed E-state index contributed by atoms with van der Waals surface area (Å²) in [7, 11) is 0. The maximum Gasteiger partial charge on any atom is 0.225 e. The first-order valence-corrected chi connectivity index (χ1v) is 7.63. The van der Waals surface area contributed by atoms with Crippen molar-refractivity contribution in [2.45, 2.75) is 45.6 Å². The van der Waals surface area contributed by atoms with E-state index in [0.29, 0.717) is 12.5 Å². The highest BCUT2D eigenvalue weighted by Gasteiger charge is 2.26. The highest BCUT2D eigenvalue weighted by Crippen LogP contribution is 2.22. The van der Waals surface area contributed by atoms with E-state index in [1.807, 2.05) is 11.8 Å². The molecule has 3 heteroatoms. The van der Waals surface area contributed by atoms with Gasteiger partial charge in [0.05, 0.1) is 0 Å². The Morgan fingerprint density at radius 2 is 1.85 bits per heavy atom. The van der Waals surface area contributed by atoms with Crippen molar-refractivity contribution >= 4 is 5.91 Å². The zero-order chi connectivity index (χ0) is 14.7. The number of carbonyl (C=O) groups is 1. The van der Waals surface area contributed by atoms with Crippen molar-refractivity contribution < 1.29 is 4.79 Å². The van der Waals surface area contributed by atoms with E-state index < -0.39 is 0 Å². The van der Waals surface area contributed by atoms with E-state index >= 15 is 0 Å². The van der Waals surface area contributed by atoms with Crippen LogP contribution in [0.5, 0.6) is 0 Å². The fourth-order valence-corrected chi connectivity index (χ4v) is 2.79. The van der Waals surface area contributed by atoms with Crippen molar-refractivity contribution in [2.75, 3.05) is 13.1 Å². The monoisotopic (exact) mass is 274 g/mol. The minimum atomic E-state index is -0.0922. The van der Waals surface area contributed by atoms with E-state index in [0.717, 1.165) is 24.9 Å². The number of carbonyl (C=O) groups excluding carboxylic acids is 1. The minimum Gasteiger partial charge on any atom is -0.341 e. The van der Waals surface area contributed by atoms with Crippen LogP contribution in [0.1, 0.15) is 56.7 Å². The summed E-state index contributed by atoms with van der Waals surface area (Å²) >= 11 is 0. The second-order valence-corrected chi connectivity index (χ2v) is 6.26. The molecule has 2 N–H and O–H groups in total. The molecule has 1 aromatic rings. The molecule has 1 heterocycles. The largest absolute Gasteiger partial charge is 0.341 e. The summed E-state index contributed by atoms with van der Waals surface area (Å²) in [5.74, 6) is 0.939. The van der Waals surface area contributed by atoms with Crippen LogP contribution < -0.4 is 5.73 Å². The Kier molecular flexibility index (Phi) is 4.81. The molecule has 0 aromatic heterocycles. The molecular formula is C17H26N2O. The maximum absolute atomic E-state index is 12.1. The summed E-state index contributed by atoms with van der Waals surface area (Å²) < 4.78 is 0. The number of hydrogen-bond acceptors (Lipinski definition) is 2. The fourth-order valence-electron chi connectivity index (χ4n) is 2.79. The number of rotatable bonds is 4. The van der Waals surface area contributed by atoms with Crippen LogP contribution in [0.3, 0.4) is 0 Å². The van der Waals surface area contributed by atoms with Gasteiger partial charge >= 0.3 is 0 Å². The molecule has 2 unspecified atom stereocenters. The second kappa shape index (κ2) is 6.40. The Morgan fingerprint density at radius 1 is 1.25 bits per heavy atom. The third-order valence-electron chi connectivity index (χ3n) is 4.25. The van der Waals surface area contributed by atoms with E-state index in [4.69, 9.17) is 5.73 Å². The van der Waals surface area contributed by atoms with Crippen LogP contribution in [0.15, 0.2) is 24.3 Å². The summed E-state index contributed by atoms with van der Waals surface area (Å²) in [6.07, 6.45) is 2.10. The second-order valence-electron chi connectivity index (χ2n) is 6.26. The van der Waals surface area contributed by atoms with Crippen LogP contribution >= 0.6 is 0 Å². The molecular weight excluding hydrogens is 248 g/mol. The topological polar surface area (TPSA) is 46.3 Å². The first kappa shape index (κ1) is 15.0. The van der Waals surface area contributed by atoms with Gasteiger partial charge in [-0.25, -0.2) is 0 Å². The number of benzene rings is 1. The molecule has 0 bridgehead atoms. The fraction of sp³-hybridized carbons (Fsp3) is 0.588. The minimum absolute atomic E-state index is 0.0922. The molecule has 2 rings (SSSR count). The lowest BCUT2D eigenvalue weighted by molar-refractivity contribution is -0.138. The lowest BCUT2D eigenvalue weighted by Crippen LogP contribution is -2.43. The first-order valence-electron chi connectivity index (χ1n) is 7.63. The third-order valence-corrected chi connectivity index (χ3v) is 4.25. The molecule has 1 aliphatic heterocycles. The van der Waals surface area contributed by atoms with Crippen LogP contribution in [0.2, 0.25) is 0 Å². The Morgan fingerprint density at radius 3 is 2.45 bits per heavy atom. The molecule has 1 fully saturated rings. The van der Waals surface area contributed by atoms with Gasteiger partial charge in [0.2, 0.25) is 5.91 Å². The third kappa shape index (κ3) is 3.40. The molecule has 1 aromatic carbocycles. The Bertz CT molecular complexity index is 453. The molecule has 1 saturated heterocycles. The van der Waals surface area contributed by atoms with Crippen molar-refractivity contribution in [2.24, 2.45) is 11.7 Å². The summed E-state index contributed by atoms with van der Waals surface area (Å²) in [5, 5.41) is 0. The molecule has 20 heavy (non-hydrogen) atoms. The quantitative estimate of drug-likeness (QED) is 0.917. The molecule has 0 radical (unpaired) electrons. The van der Waals surface area contributed by atoms with Gasteiger partial charge in [-0.15, -0.1) is 0 Å². The van der Waals surface area contributed by atoms with Crippen LogP contribution in [-0.2, 0) is 4.79 Å². The number of hydrogen-bond donors (Lipinski definition) is 1. The predicted octanol–water partition coefficient (Wildman–Crippen LogP) is 3.07. The highest BCUT2D eigenvalue weighted by atomic mass is 16.2. The van der Waals surface area contributed by atoms with Gasteiger partial charge in [-0.3, -0.25) is 4.79 Å². The van der Waals surface area contributed by atoms with Crippen LogP contribution in [-0.4, -0.2) is 23.9 Å². The normalized spacial score (nSPS) is 21.4. The van der Waals surface area contributed by atoms with Gasteiger partial charge in [0.25, 0.3) is 0 Å². The van der Waals surface area contributed by atoms with E-state index in [-0.39, 0.29) is 17.9 Å². The predicted molar refractivity (Wildman–Crippen MR) is 82.4 cm³/mol. The number of piperidine rings is 1. The smallest absolute Gasteiger partial charge is 0.225 e. The van der Waals surface area contributed by atoms with Gasteiger partial charge in [-0.05, 0) is 29.9 Å². The zero-order valence-corrected chi connectivity index (χ0v) is 12.8. The van der Waals surface area contributed by atoms with E-state index in [1.54, 1.807) is 0 Å². The standard InChI is InChI=1S/C17H26N2O/c1-12(2)14-6-8-15(9-7-14)16(18)11-19-10-4-5-13(3)17(19)20/h6-9,12-13,16H,4-5,10-11,18H2,1-3H3. The maximum atomic E-state index is 12.1. The first-order chi connectivity index (χ1) is 9.49. The molecule has 0 aliphatic carbocycles. The lowest BCUT2D eigenvalue weighted by atomic mass is 9.96.